The van der Waals surface area contributed by atoms with Gasteiger partial charge in [-0.1, -0.05) is 18.2 Å². The summed E-state index contributed by atoms with van der Waals surface area (Å²) >= 11 is 0. The maximum Gasteiger partial charge on any atom is 0.330 e. The molecule has 14 heavy (non-hydrogen) atoms. The van der Waals surface area contributed by atoms with Gasteiger partial charge in [0.15, 0.2) is 0 Å². The van der Waals surface area contributed by atoms with Gasteiger partial charge in [0.2, 0.25) is 0 Å². The maximum atomic E-state index is 11.6. The third kappa shape index (κ3) is 1.18. The summed E-state index contributed by atoms with van der Waals surface area (Å²) in [6.45, 7) is 3.84. The standard InChI is InChI=1S/C11H12N2O/c1-3-8(2)13-10-7-5-4-6-9(10)12-11(13)14/h3-7H,1-2H3,(H,12,14)/b8-3-. The number of para-hydroxylation sites is 2. The van der Waals surface area contributed by atoms with Gasteiger partial charge in [-0.05, 0) is 26.0 Å². The van der Waals surface area contributed by atoms with Crippen molar-refractivity contribution in [3.63, 3.8) is 0 Å². The predicted molar refractivity (Wildman–Crippen MR) is 58.2 cm³/mol. The molecule has 3 heteroatoms. The minimum absolute atomic E-state index is 0.0817. The highest BCUT2D eigenvalue weighted by molar-refractivity contribution is 5.78. The van der Waals surface area contributed by atoms with Crippen LogP contribution in [0.25, 0.3) is 16.7 Å². The topological polar surface area (TPSA) is 37.8 Å². The molecular weight excluding hydrogens is 176 g/mol. The summed E-state index contributed by atoms with van der Waals surface area (Å²) in [4.78, 5) is 14.4. The SMILES string of the molecule is C/C=C(/C)n1c(=O)[nH]c2ccccc21. The Morgan fingerprint density at radius 3 is 2.86 bits per heavy atom. The number of benzene rings is 1. The van der Waals surface area contributed by atoms with Crippen LogP contribution < -0.4 is 5.69 Å². The number of nitrogens with one attached hydrogen (secondary N) is 1. The summed E-state index contributed by atoms with van der Waals surface area (Å²) in [7, 11) is 0. The fraction of sp³-hybridized carbons (Fsp3) is 0.182. The van der Waals surface area contributed by atoms with Gasteiger partial charge >= 0.3 is 5.69 Å². The molecule has 0 radical (unpaired) electrons. The molecule has 0 saturated heterocycles. The van der Waals surface area contributed by atoms with E-state index >= 15 is 0 Å². The second-order valence-electron chi connectivity index (χ2n) is 3.21. The lowest BCUT2D eigenvalue weighted by Crippen LogP contribution is -2.14. The zero-order valence-electron chi connectivity index (χ0n) is 8.24. The van der Waals surface area contributed by atoms with E-state index < -0.39 is 0 Å². The summed E-state index contributed by atoms with van der Waals surface area (Å²) in [5.74, 6) is 0. The zero-order chi connectivity index (χ0) is 10.1. The fourth-order valence-electron chi connectivity index (χ4n) is 1.53. The van der Waals surface area contributed by atoms with Crippen LogP contribution in [0.3, 0.4) is 0 Å². The van der Waals surface area contributed by atoms with E-state index in [4.69, 9.17) is 0 Å². The normalized spacial score (nSPS) is 12.3. The Morgan fingerprint density at radius 2 is 2.14 bits per heavy atom. The van der Waals surface area contributed by atoms with Crippen molar-refractivity contribution in [1.82, 2.24) is 9.55 Å². The number of H-pyrrole nitrogens is 1. The molecule has 2 rings (SSSR count). The monoisotopic (exact) mass is 188 g/mol. The third-order valence-electron chi connectivity index (χ3n) is 2.36. The van der Waals surface area contributed by atoms with Crippen molar-refractivity contribution in [2.75, 3.05) is 0 Å². The summed E-state index contributed by atoms with van der Waals surface area (Å²) in [5, 5.41) is 0. The van der Waals surface area contributed by atoms with E-state index in [1.165, 1.54) is 0 Å². The molecule has 1 heterocycles. The number of aromatic amines is 1. The van der Waals surface area contributed by atoms with Crippen LogP contribution in [0.2, 0.25) is 0 Å². The lowest BCUT2D eigenvalue weighted by atomic mass is 10.3. The molecular formula is C11H12N2O. The molecule has 2 aromatic rings. The molecule has 0 aliphatic heterocycles. The molecule has 1 aromatic carbocycles. The van der Waals surface area contributed by atoms with Crippen molar-refractivity contribution in [2.24, 2.45) is 0 Å². The highest BCUT2D eigenvalue weighted by Crippen LogP contribution is 2.12. The minimum Gasteiger partial charge on any atom is -0.305 e. The van der Waals surface area contributed by atoms with Gasteiger partial charge < -0.3 is 4.98 Å². The molecule has 0 saturated carbocycles. The molecule has 0 aliphatic rings. The van der Waals surface area contributed by atoms with Gasteiger partial charge in [0, 0.05) is 5.70 Å². The summed E-state index contributed by atoms with van der Waals surface area (Å²) < 4.78 is 1.68. The van der Waals surface area contributed by atoms with Crippen LogP contribution in [-0.2, 0) is 0 Å². The summed E-state index contributed by atoms with van der Waals surface area (Å²) in [6, 6.07) is 7.67. The Balaban J connectivity index is 2.88. The maximum absolute atomic E-state index is 11.6. The van der Waals surface area contributed by atoms with E-state index in [0.29, 0.717) is 0 Å². The molecule has 3 nitrogen and oxygen atoms in total. The third-order valence-corrected chi connectivity index (χ3v) is 2.36. The van der Waals surface area contributed by atoms with Gasteiger partial charge in [0.25, 0.3) is 0 Å². The Hall–Kier alpha value is -1.77. The van der Waals surface area contributed by atoms with Crippen molar-refractivity contribution < 1.29 is 0 Å². The summed E-state index contributed by atoms with van der Waals surface area (Å²) in [5.41, 5.74) is 2.65. The van der Waals surface area contributed by atoms with E-state index in [-0.39, 0.29) is 5.69 Å². The first-order chi connectivity index (χ1) is 6.74. The molecule has 0 fully saturated rings. The van der Waals surface area contributed by atoms with Gasteiger partial charge in [0.05, 0.1) is 11.0 Å². The molecule has 1 aromatic heterocycles. The average molecular weight is 188 g/mol. The van der Waals surface area contributed by atoms with Crippen LogP contribution in [0, 0.1) is 0 Å². The number of imidazole rings is 1. The minimum atomic E-state index is -0.0817. The lowest BCUT2D eigenvalue weighted by molar-refractivity contribution is 1.03. The number of hydrogen-bond donors (Lipinski definition) is 1. The van der Waals surface area contributed by atoms with Gasteiger partial charge in [0.1, 0.15) is 0 Å². The molecule has 0 aliphatic carbocycles. The van der Waals surface area contributed by atoms with Crippen LogP contribution in [0.15, 0.2) is 35.1 Å². The smallest absolute Gasteiger partial charge is 0.305 e. The Kier molecular flexibility index (Phi) is 2.00. The first-order valence-corrected chi connectivity index (χ1v) is 4.57. The number of hydrogen-bond acceptors (Lipinski definition) is 1. The Bertz CT molecular complexity index is 546. The van der Waals surface area contributed by atoms with Crippen LogP contribution in [0.4, 0.5) is 0 Å². The first-order valence-electron chi connectivity index (χ1n) is 4.57. The zero-order valence-corrected chi connectivity index (χ0v) is 8.24. The molecule has 0 atom stereocenters. The van der Waals surface area contributed by atoms with Crippen LogP contribution >= 0.6 is 0 Å². The molecule has 0 bridgehead atoms. The van der Waals surface area contributed by atoms with Crippen LogP contribution in [0.1, 0.15) is 13.8 Å². The predicted octanol–water partition coefficient (Wildman–Crippen LogP) is 2.21. The molecule has 0 spiro atoms. The molecule has 0 amide bonds. The van der Waals surface area contributed by atoms with E-state index in [1.807, 2.05) is 44.2 Å². The molecule has 72 valence electrons. The number of aromatic nitrogens is 2. The largest absolute Gasteiger partial charge is 0.330 e. The molecule has 1 N–H and O–H groups in total. The highest BCUT2D eigenvalue weighted by atomic mass is 16.1. The average Bonchev–Trinajstić information content (AvgIpc) is 2.53. The van der Waals surface area contributed by atoms with Crippen LogP contribution in [0.5, 0.6) is 0 Å². The van der Waals surface area contributed by atoms with Crippen molar-refractivity contribution >= 4 is 16.7 Å². The van der Waals surface area contributed by atoms with E-state index in [2.05, 4.69) is 4.98 Å². The fourth-order valence-corrected chi connectivity index (χ4v) is 1.53. The van der Waals surface area contributed by atoms with Crippen molar-refractivity contribution in [3.05, 3.63) is 40.8 Å². The first kappa shape index (κ1) is 8.81. The second-order valence-corrected chi connectivity index (χ2v) is 3.21. The number of rotatable bonds is 1. The van der Waals surface area contributed by atoms with Crippen molar-refractivity contribution in [2.45, 2.75) is 13.8 Å². The Labute approximate surface area is 81.7 Å². The van der Waals surface area contributed by atoms with Crippen LogP contribution in [-0.4, -0.2) is 9.55 Å². The summed E-state index contributed by atoms with van der Waals surface area (Å²) in [6.07, 6.45) is 1.92. The van der Waals surface area contributed by atoms with Gasteiger partial charge in [-0.15, -0.1) is 0 Å². The van der Waals surface area contributed by atoms with E-state index in [0.717, 1.165) is 16.7 Å². The van der Waals surface area contributed by atoms with Crippen molar-refractivity contribution in [3.8, 4) is 0 Å². The molecule has 0 unspecified atom stereocenters. The number of fused-ring (bicyclic) bond motifs is 1. The van der Waals surface area contributed by atoms with E-state index in [9.17, 15) is 4.79 Å². The van der Waals surface area contributed by atoms with Gasteiger partial charge in [-0.25, -0.2) is 4.79 Å². The Morgan fingerprint density at radius 1 is 1.43 bits per heavy atom. The highest BCUT2D eigenvalue weighted by Gasteiger charge is 2.05. The van der Waals surface area contributed by atoms with Crippen molar-refractivity contribution in [1.29, 1.82) is 0 Å². The van der Waals surface area contributed by atoms with E-state index in [1.54, 1.807) is 4.57 Å². The van der Waals surface area contributed by atoms with Gasteiger partial charge in [-0.3, -0.25) is 4.57 Å². The van der Waals surface area contributed by atoms with Gasteiger partial charge in [-0.2, -0.15) is 0 Å². The number of nitrogens with zero attached hydrogens (tertiary/aromatic N) is 1. The second kappa shape index (κ2) is 3.18. The quantitative estimate of drug-likeness (QED) is 0.732. The lowest BCUT2D eigenvalue weighted by Gasteiger charge is -2.00. The number of allylic oxidation sites excluding steroid dienone is 2.